The van der Waals surface area contributed by atoms with Gasteiger partial charge < -0.3 is 11.1 Å². The van der Waals surface area contributed by atoms with Gasteiger partial charge in [-0.2, -0.15) is 0 Å². The topological polar surface area (TPSA) is 55.1 Å². The first-order chi connectivity index (χ1) is 7.11. The van der Waals surface area contributed by atoms with Crippen LogP contribution in [0.4, 0.5) is 0 Å². The predicted octanol–water partition coefficient (Wildman–Crippen LogP) is 1.67. The number of carbonyl (C=O) groups is 1. The SMILES string of the molecule is CC(N)C(=O)NCCC1CCCCC1C. The van der Waals surface area contributed by atoms with Crippen LogP contribution in [-0.4, -0.2) is 18.5 Å². The molecule has 1 saturated carbocycles. The van der Waals surface area contributed by atoms with Crippen LogP contribution in [0.15, 0.2) is 0 Å². The first kappa shape index (κ1) is 12.5. The van der Waals surface area contributed by atoms with E-state index < -0.39 is 0 Å². The summed E-state index contributed by atoms with van der Waals surface area (Å²) in [6.45, 7) is 4.84. The molecule has 1 aliphatic rings. The second-order valence-corrected chi connectivity index (χ2v) is 4.89. The van der Waals surface area contributed by atoms with Crippen LogP contribution in [0.3, 0.4) is 0 Å². The molecule has 0 aromatic rings. The summed E-state index contributed by atoms with van der Waals surface area (Å²) < 4.78 is 0. The van der Waals surface area contributed by atoms with Crippen molar-refractivity contribution in [2.75, 3.05) is 6.54 Å². The summed E-state index contributed by atoms with van der Waals surface area (Å²) in [7, 11) is 0. The molecule has 1 rings (SSSR count). The van der Waals surface area contributed by atoms with Crippen LogP contribution >= 0.6 is 0 Å². The third-order valence-electron chi connectivity index (χ3n) is 3.52. The number of hydrogen-bond donors (Lipinski definition) is 2. The van der Waals surface area contributed by atoms with E-state index >= 15 is 0 Å². The average Bonchev–Trinajstić information content (AvgIpc) is 2.20. The van der Waals surface area contributed by atoms with Crippen molar-refractivity contribution in [3.63, 3.8) is 0 Å². The molecule has 0 radical (unpaired) electrons. The van der Waals surface area contributed by atoms with Crippen molar-refractivity contribution in [3.05, 3.63) is 0 Å². The molecular formula is C12H24N2O. The molecule has 15 heavy (non-hydrogen) atoms. The Labute approximate surface area is 92.8 Å². The van der Waals surface area contributed by atoms with Gasteiger partial charge in [0, 0.05) is 6.54 Å². The maximum Gasteiger partial charge on any atom is 0.236 e. The Morgan fingerprint density at radius 2 is 2.13 bits per heavy atom. The van der Waals surface area contributed by atoms with E-state index in [1.54, 1.807) is 6.92 Å². The molecular weight excluding hydrogens is 188 g/mol. The van der Waals surface area contributed by atoms with Gasteiger partial charge in [0.2, 0.25) is 5.91 Å². The zero-order valence-electron chi connectivity index (χ0n) is 9.96. The van der Waals surface area contributed by atoms with Gasteiger partial charge in [-0.05, 0) is 25.2 Å². The zero-order valence-corrected chi connectivity index (χ0v) is 9.96. The van der Waals surface area contributed by atoms with Crippen molar-refractivity contribution < 1.29 is 4.79 Å². The third kappa shape index (κ3) is 4.20. The van der Waals surface area contributed by atoms with Crippen LogP contribution in [0, 0.1) is 11.8 Å². The molecule has 3 nitrogen and oxygen atoms in total. The number of amides is 1. The molecule has 1 fully saturated rings. The van der Waals surface area contributed by atoms with Crippen molar-refractivity contribution in [1.29, 1.82) is 0 Å². The normalized spacial score (nSPS) is 28.5. The molecule has 3 unspecified atom stereocenters. The largest absolute Gasteiger partial charge is 0.355 e. The van der Waals surface area contributed by atoms with Gasteiger partial charge >= 0.3 is 0 Å². The van der Waals surface area contributed by atoms with Crippen LogP contribution in [0.1, 0.15) is 46.0 Å². The lowest BCUT2D eigenvalue weighted by atomic mass is 9.79. The Hall–Kier alpha value is -0.570. The van der Waals surface area contributed by atoms with Gasteiger partial charge in [-0.3, -0.25) is 4.79 Å². The minimum absolute atomic E-state index is 0.0292. The third-order valence-corrected chi connectivity index (χ3v) is 3.52. The van der Waals surface area contributed by atoms with Gasteiger partial charge in [-0.1, -0.05) is 32.6 Å². The van der Waals surface area contributed by atoms with Gasteiger partial charge in [0.15, 0.2) is 0 Å². The van der Waals surface area contributed by atoms with E-state index in [1.807, 2.05) is 0 Å². The quantitative estimate of drug-likeness (QED) is 0.744. The smallest absolute Gasteiger partial charge is 0.236 e. The van der Waals surface area contributed by atoms with Crippen molar-refractivity contribution >= 4 is 5.91 Å². The van der Waals surface area contributed by atoms with Crippen molar-refractivity contribution in [3.8, 4) is 0 Å². The molecule has 0 heterocycles. The lowest BCUT2D eigenvalue weighted by molar-refractivity contribution is -0.122. The van der Waals surface area contributed by atoms with Gasteiger partial charge in [0.1, 0.15) is 0 Å². The van der Waals surface area contributed by atoms with E-state index in [2.05, 4.69) is 12.2 Å². The van der Waals surface area contributed by atoms with Crippen molar-refractivity contribution in [2.45, 2.75) is 52.0 Å². The Morgan fingerprint density at radius 1 is 1.47 bits per heavy atom. The van der Waals surface area contributed by atoms with E-state index in [-0.39, 0.29) is 11.9 Å². The number of carbonyl (C=O) groups excluding carboxylic acids is 1. The van der Waals surface area contributed by atoms with Crippen LogP contribution < -0.4 is 11.1 Å². The first-order valence-electron chi connectivity index (χ1n) is 6.14. The lowest BCUT2D eigenvalue weighted by Gasteiger charge is -2.28. The summed E-state index contributed by atoms with van der Waals surface area (Å²) >= 11 is 0. The molecule has 0 bridgehead atoms. The summed E-state index contributed by atoms with van der Waals surface area (Å²) in [4.78, 5) is 11.2. The van der Waals surface area contributed by atoms with Gasteiger partial charge in [-0.15, -0.1) is 0 Å². The standard InChI is InChI=1S/C12H24N2O/c1-9-5-3-4-6-11(9)7-8-14-12(15)10(2)13/h9-11H,3-8,13H2,1-2H3,(H,14,15). The maximum absolute atomic E-state index is 11.2. The van der Waals surface area contributed by atoms with Crippen LogP contribution in [0.5, 0.6) is 0 Å². The molecule has 0 saturated heterocycles. The second-order valence-electron chi connectivity index (χ2n) is 4.89. The number of nitrogens with two attached hydrogens (primary N) is 1. The van der Waals surface area contributed by atoms with Crippen LogP contribution in [0.2, 0.25) is 0 Å². The van der Waals surface area contributed by atoms with E-state index in [1.165, 1.54) is 25.7 Å². The number of rotatable bonds is 4. The van der Waals surface area contributed by atoms with E-state index in [4.69, 9.17) is 5.73 Å². The average molecular weight is 212 g/mol. The summed E-state index contributed by atoms with van der Waals surface area (Å²) in [5, 5.41) is 2.89. The zero-order chi connectivity index (χ0) is 11.3. The highest BCUT2D eigenvalue weighted by Gasteiger charge is 2.20. The summed E-state index contributed by atoms with van der Waals surface area (Å²) in [6, 6.07) is -0.381. The Bertz CT molecular complexity index is 204. The predicted molar refractivity (Wildman–Crippen MR) is 62.4 cm³/mol. The maximum atomic E-state index is 11.2. The Morgan fingerprint density at radius 3 is 2.73 bits per heavy atom. The van der Waals surface area contributed by atoms with Crippen molar-refractivity contribution in [2.24, 2.45) is 17.6 Å². The second kappa shape index (κ2) is 6.11. The summed E-state index contributed by atoms with van der Waals surface area (Å²) in [6.07, 6.45) is 6.53. The summed E-state index contributed by atoms with van der Waals surface area (Å²) in [5.41, 5.74) is 5.47. The lowest BCUT2D eigenvalue weighted by Crippen LogP contribution is -2.39. The molecule has 3 atom stereocenters. The monoisotopic (exact) mass is 212 g/mol. The minimum Gasteiger partial charge on any atom is -0.355 e. The van der Waals surface area contributed by atoms with E-state index in [0.29, 0.717) is 0 Å². The fourth-order valence-electron chi connectivity index (χ4n) is 2.36. The fraction of sp³-hybridized carbons (Fsp3) is 0.917. The molecule has 1 amide bonds. The molecule has 88 valence electrons. The van der Waals surface area contributed by atoms with Crippen LogP contribution in [-0.2, 0) is 4.79 Å². The van der Waals surface area contributed by atoms with Gasteiger partial charge in [0.25, 0.3) is 0 Å². The molecule has 3 N–H and O–H groups in total. The molecule has 0 spiro atoms. The number of nitrogens with one attached hydrogen (secondary N) is 1. The van der Waals surface area contributed by atoms with Crippen molar-refractivity contribution in [1.82, 2.24) is 5.32 Å². The fourth-order valence-corrected chi connectivity index (χ4v) is 2.36. The van der Waals surface area contributed by atoms with Gasteiger partial charge in [-0.25, -0.2) is 0 Å². The number of hydrogen-bond acceptors (Lipinski definition) is 2. The highest BCUT2D eigenvalue weighted by atomic mass is 16.2. The molecule has 0 aromatic heterocycles. The first-order valence-corrected chi connectivity index (χ1v) is 6.14. The van der Waals surface area contributed by atoms with E-state index in [0.717, 1.165) is 24.8 Å². The Kier molecular flexibility index (Phi) is 5.09. The highest BCUT2D eigenvalue weighted by Crippen LogP contribution is 2.31. The molecule has 3 heteroatoms. The summed E-state index contributed by atoms with van der Waals surface area (Å²) in [5.74, 6) is 1.59. The molecule has 0 aromatic carbocycles. The highest BCUT2D eigenvalue weighted by molar-refractivity contribution is 5.80. The van der Waals surface area contributed by atoms with E-state index in [9.17, 15) is 4.79 Å². The van der Waals surface area contributed by atoms with Gasteiger partial charge in [0.05, 0.1) is 6.04 Å². The Balaban J connectivity index is 2.16. The minimum atomic E-state index is -0.381. The van der Waals surface area contributed by atoms with Crippen LogP contribution in [0.25, 0.3) is 0 Å². The molecule has 1 aliphatic carbocycles. The molecule has 0 aliphatic heterocycles.